The lowest BCUT2D eigenvalue weighted by atomic mass is 10.0. The second-order valence-electron chi connectivity index (χ2n) is 4.17. The third kappa shape index (κ3) is 2.65. The lowest BCUT2D eigenvalue weighted by Gasteiger charge is -2.11. The third-order valence-electron chi connectivity index (χ3n) is 2.89. The quantitative estimate of drug-likeness (QED) is 0.632. The maximum absolute atomic E-state index is 11.1. The van der Waals surface area contributed by atoms with E-state index in [-0.39, 0.29) is 28.1 Å². The van der Waals surface area contributed by atoms with Crippen LogP contribution in [0.25, 0.3) is 0 Å². The molecule has 2 rings (SSSR count). The minimum absolute atomic E-state index is 0.00977. The monoisotopic (exact) mass is 279 g/mol. The fraction of sp³-hybridized carbons (Fsp3) is 0.0667. The van der Waals surface area contributed by atoms with Gasteiger partial charge in [0.25, 0.3) is 5.69 Å². The van der Waals surface area contributed by atoms with Gasteiger partial charge in [-0.1, -0.05) is 18.2 Å². The van der Waals surface area contributed by atoms with Gasteiger partial charge in [-0.3, -0.25) is 10.1 Å². The van der Waals surface area contributed by atoms with Crippen LogP contribution in [-0.2, 0) is 0 Å². The number of rotatable bonds is 3. The van der Waals surface area contributed by atoms with Gasteiger partial charge in [0.2, 0.25) is 0 Å². The molecule has 0 bridgehead atoms. The highest BCUT2D eigenvalue weighted by molar-refractivity contribution is 5.65. The van der Waals surface area contributed by atoms with Crippen LogP contribution in [0.5, 0.6) is 11.5 Å². The van der Waals surface area contributed by atoms with Gasteiger partial charge in [-0.25, -0.2) is 0 Å². The van der Waals surface area contributed by atoms with E-state index in [4.69, 9.17) is 10.00 Å². The SMILES string of the molecule is Cc1c([N+](=O)[O-])cc(C#N)c(C#N)c1Oc1ccccc1. The molecule has 0 aliphatic carbocycles. The van der Waals surface area contributed by atoms with Crippen LogP contribution in [0.3, 0.4) is 0 Å². The van der Waals surface area contributed by atoms with Crippen molar-refractivity contribution in [1.29, 1.82) is 10.5 Å². The highest BCUT2D eigenvalue weighted by atomic mass is 16.6. The number of nitro benzene ring substituents is 1. The van der Waals surface area contributed by atoms with E-state index < -0.39 is 4.92 Å². The highest BCUT2D eigenvalue weighted by Gasteiger charge is 2.23. The second-order valence-corrected chi connectivity index (χ2v) is 4.17. The van der Waals surface area contributed by atoms with Gasteiger partial charge in [-0.05, 0) is 19.1 Å². The molecule has 0 fully saturated rings. The molecule has 0 radical (unpaired) electrons. The number of nitriles is 2. The largest absolute Gasteiger partial charge is 0.455 e. The van der Waals surface area contributed by atoms with Gasteiger partial charge in [-0.2, -0.15) is 10.5 Å². The molecule has 0 N–H and O–H groups in total. The number of ether oxygens (including phenoxy) is 1. The summed E-state index contributed by atoms with van der Waals surface area (Å²) in [6.45, 7) is 1.48. The smallest absolute Gasteiger partial charge is 0.277 e. The zero-order valence-electron chi connectivity index (χ0n) is 11.0. The van der Waals surface area contributed by atoms with Crippen LogP contribution in [-0.4, -0.2) is 4.92 Å². The molecule has 2 aromatic carbocycles. The van der Waals surface area contributed by atoms with Gasteiger partial charge in [-0.15, -0.1) is 0 Å². The molecule has 0 amide bonds. The van der Waals surface area contributed by atoms with Crippen molar-refractivity contribution < 1.29 is 9.66 Å². The van der Waals surface area contributed by atoms with Crippen molar-refractivity contribution in [3.63, 3.8) is 0 Å². The summed E-state index contributed by atoms with van der Waals surface area (Å²) in [7, 11) is 0. The van der Waals surface area contributed by atoms with Crippen LogP contribution < -0.4 is 4.74 Å². The average molecular weight is 279 g/mol. The average Bonchev–Trinajstić information content (AvgIpc) is 2.49. The molecule has 0 atom stereocenters. The van der Waals surface area contributed by atoms with E-state index in [0.29, 0.717) is 5.75 Å². The van der Waals surface area contributed by atoms with Crippen molar-refractivity contribution in [3.05, 3.63) is 63.2 Å². The summed E-state index contributed by atoms with van der Waals surface area (Å²) in [6, 6.07) is 13.3. The van der Waals surface area contributed by atoms with Crippen LogP contribution in [0, 0.1) is 39.7 Å². The molecule has 0 saturated carbocycles. The van der Waals surface area contributed by atoms with Crippen molar-refractivity contribution in [2.75, 3.05) is 0 Å². The lowest BCUT2D eigenvalue weighted by Crippen LogP contribution is -2.00. The standard InChI is InChI=1S/C15H9N3O3/c1-10-14(18(19)20)7-11(8-16)13(9-17)15(10)21-12-5-3-2-4-6-12/h2-7H,1H3. The molecule has 6 nitrogen and oxygen atoms in total. The molecule has 0 saturated heterocycles. The lowest BCUT2D eigenvalue weighted by molar-refractivity contribution is -0.385. The molecule has 6 heteroatoms. The molecule has 0 unspecified atom stereocenters. The number of nitrogens with zero attached hydrogens (tertiary/aromatic N) is 3. The summed E-state index contributed by atoms with van der Waals surface area (Å²) < 4.78 is 5.59. The van der Waals surface area contributed by atoms with Crippen LogP contribution >= 0.6 is 0 Å². The van der Waals surface area contributed by atoms with Crippen LogP contribution in [0.4, 0.5) is 5.69 Å². The molecule has 0 aromatic heterocycles. The zero-order valence-corrected chi connectivity index (χ0v) is 11.0. The van der Waals surface area contributed by atoms with Gasteiger partial charge in [0.15, 0.2) is 5.75 Å². The number of benzene rings is 2. The predicted octanol–water partition coefficient (Wildman–Crippen LogP) is 3.44. The number of hydrogen-bond donors (Lipinski definition) is 0. The summed E-state index contributed by atoms with van der Waals surface area (Å²) in [4.78, 5) is 10.4. The van der Waals surface area contributed by atoms with Crippen molar-refractivity contribution >= 4 is 5.69 Å². The first-order chi connectivity index (χ1) is 10.1. The second kappa shape index (κ2) is 5.72. The van der Waals surface area contributed by atoms with Crippen molar-refractivity contribution in [1.82, 2.24) is 0 Å². The molecule has 21 heavy (non-hydrogen) atoms. The minimum atomic E-state index is -0.602. The predicted molar refractivity (Wildman–Crippen MR) is 73.8 cm³/mol. The van der Waals surface area contributed by atoms with Crippen molar-refractivity contribution in [2.24, 2.45) is 0 Å². The highest BCUT2D eigenvalue weighted by Crippen LogP contribution is 2.36. The van der Waals surface area contributed by atoms with Gasteiger partial charge in [0, 0.05) is 6.07 Å². The van der Waals surface area contributed by atoms with Gasteiger partial charge in [0.1, 0.15) is 23.5 Å². The Morgan fingerprint density at radius 2 is 1.86 bits per heavy atom. The van der Waals surface area contributed by atoms with Crippen LogP contribution in [0.1, 0.15) is 16.7 Å². The topological polar surface area (TPSA) is 100.0 Å². The summed E-state index contributed by atoms with van der Waals surface area (Å²) in [5, 5.41) is 29.3. The molecule has 0 heterocycles. The number of para-hydroxylation sites is 1. The number of hydrogen-bond acceptors (Lipinski definition) is 5. The van der Waals surface area contributed by atoms with E-state index in [2.05, 4.69) is 0 Å². The Hall–Kier alpha value is -3.38. The first-order valence-electron chi connectivity index (χ1n) is 5.93. The Bertz CT molecular complexity index is 787. The van der Waals surface area contributed by atoms with E-state index in [1.165, 1.54) is 6.92 Å². The van der Waals surface area contributed by atoms with E-state index >= 15 is 0 Å². The fourth-order valence-corrected chi connectivity index (χ4v) is 1.87. The number of nitro groups is 1. The van der Waals surface area contributed by atoms with E-state index in [0.717, 1.165) is 6.07 Å². The molecule has 2 aromatic rings. The Labute approximate surface area is 120 Å². The normalized spacial score (nSPS) is 9.48. The molecular weight excluding hydrogens is 270 g/mol. The first-order valence-corrected chi connectivity index (χ1v) is 5.93. The fourth-order valence-electron chi connectivity index (χ4n) is 1.87. The van der Waals surface area contributed by atoms with Gasteiger partial charge >= 0.3 is 0 Å². The first kappa shape index (κ1) is 14.0. The summed E-state index contributed by atoms with van der Waals surface area (Å²) in [5.74, 6) is 0.468. The van der Waals surface area contributed by atoms with E-state index in [9.17, 15) is 15.4 Å². The Morgan fingerprint density at radius 3 is 2.38 bits per heavy atom. The summed E-state index contributed by atoms with van der Waals surface area (Å²) >= 11 is 0. The maximum Gasteiger partial charge on any atom is 0.277 e. The third-order valence-corrected chi connectivity index (χ3v) is 2.89. The Morgan fingerprint density at radius 1 is 1.19 bits per heavy atom. The van der Waals surface area contributed by atoms with Gasteiger partial charge < -0.3 is 4.74 Å². The van der Waals surface area contributed by atoms with Crippen molar-refractivity contribution in [2.45, 2.75) is 6.92 Å². The minimum Gasteiger partial charge on any atom is -0.455 e. The maximum atomic E-state index is 11.1. The molecular formula is C15H9N3O3. The summed E-state index contributed by atoms with van der Waals surface area (Å²) in [6.07, 6.45) is 0. The van der Waals surface area contributed by atoms with Crippen LogP contribution in [0.2, 0.25) is 0 Å². The Kier molecular flexibility index (Phi) is 3.83. The molecule has 0 aliphatic heterocycles. The van der Waals surface area contributed by atoms with E-state index in [1.54, 1.807) is 36.4 Å². The molecule has 0 aliphatic rings. The Balaban J connectivity index is 2.68. The van der Waals surface area contributed by atoms with Crippen LogP contribution in [0.15, 0.2) is 36.4 Å². The molecule has 0 spiro atoms. The van der Waals surface area contributed by atoms with Crippen molar-refractivity contribution in [3.8, 4) is 23.6 Å². The summed E-state index contributed by atoms with van der Waals surface area (Å²) in [5.41, 5.74) is -0.138. The molecule has 102 valence electrons. The van der Waals surface area contributed by atoms with E-state index in [1.807, 2.05) is 6.07 Å². The zero-order chi connectivity index (χ0) is 15.4. The van der Waals surface area contributed by atoms with Gasteiger partial charge in [0.05, 0.1) is 16.1 Å².